The molecule has 1 aromatic carbocycles. The molecule has 0 saturated carbocycles. The van der Waals surface area contributed by atoms with Crippen LogP contribution in [0.2, 0.25) is 0 Å². The third-order valence-electron chi connectivity index (χ3n) is 3.23. The molecule has 0 spiro atoms. The molecule has 0 amide bonds. The van der Waals surface area contributed by atoms with Crippen molar-refractivity contribution in [2.24, 2.45) is 5.92 Å². The van der Waals surface area contributed by atoms with Crippen LogP contribution in [0.1, 0.15) is 26.7 Å². The summed E-state index contributed by atoms with van der Waals surface area (Å²) in [4.78, 5) is 11.1. The topological polar surface area (TPSA) is 58.6 Å². The molecule has 0 unspecified atom stereocenters. The highest BCUT2D eigenvalue weighted by atomic mass is 127. The van der Waals surface area contributed by atoms with Gasteiger partial charge in [-0.2, -0.15) is 0 Å². The summed E-state index contributed by atoms with van der Waals surface area (Å²) in [5.74, 6) is 0.204. The Bertz CT molecular complexity index is 425. The van der Waals surface area contributed by atoms with Crippen LogP contribution >= 0.6 is 22.6 Å². The first kappa shape index (κ1) is 17.2. The van der Waals surface area contributed by atoms with Crippen molar-refractivity contribution in [1.82, 2.24) is 5.32 Å². The number of carbonyl (C=O) groups is 1. The van der Waals surface area contributed by atoms with Gasteiger partial charge < -0.3 is 15.2 Å². The molecule has 0 aromatic heterocycles. The second kappa shape index (κ2) is 9.18. The van der Waals surface area contributed by atoms with Gasteiger partial charge in [0.05, 0.1) is 6.61 Å². The number of aliphatic carboxylic acids is 1. The minimum Gasteiger partial charge on any atom is -0.494 e. The molecule has 0 heterocycles. The van der Waals surface area contributed by atoms with E-state index in [9.17, 15) is 4.79 Å². The maximum absolute atomic E-state index is 11.1. The van der Waals surface area contributed by atoms with E-state index in [0.717, 1.165) is 22.2 Å². The van der Waals surface area contributed by atoms with Crippen molar-refractivity contribution in [3.8, 4) is 5.75 Å². The van der Waals surface area contributed by atoms with Gasteiger partial charge in [0, 0.05) is 3.57 Å². The van der Waals surface area contributed by atoms with Crippen LogP contribution in [0.15, 0.2) is 24.3 Å². The van der Waals surface area contributed by atoms with Gasteiger partial charge in [0.1, 0.15) is 11.8 Å². The van der Waals surface area contributed by atoms with E-state index in [1.54, 1.807) is 0 Å². The fourth-order valence-electron chi connectivity index (χ4n) is 1.84. The SMILES string of the molecule is CC[C@H](C)[C@H](NCCCOc1cccc(I)c1)C(=O)O. The Morgan fingerprint density at radius 3 is 2.85 bits per heavy atom. The summed E-state index contributed by atoms with van der Waals surface area (Å²) >= 11 is 2.24. The number of nitrogens with one attached hydrogen (secondary N) is 1. The van der Waals surface area contributed by atoms with E-state index in [1.165, 1.54) is 0 Å². The highest BCUT2D eigenvalue weighted by Crippen LogP contribution is 2.14. The number of carboxylic acid groups (broad SMARTS) is 1. The summed E-state index contributed by atoms with van der Waals surface area (Å²) in [7, 11) is 0. The maximum atomic E-state index is 11.1. The Morgan fingerprint density at radius 1 is 1.50 bits per heavy atom. The quantitative estimate of drug-likeness (QED) is 0.502. The molecule has 2 N–H and O–H groups in total. The van der Waals surface area contributed by atoms with Gasteiger partial charge in [-0.05, 0) is 59.7 Å². The predicted molar refractivity (Wildman–Crippen MR) is 88.2 cm³/mol. The third kappa shape index (κ3) is 6.09. The van der Waals surface area contributed by atoms with Gasteiger partial charge in [-0.3, -0.25) is 4.79 Å². The van der Waals surface area contributed by atoms with Crippen molar-refractivity contribution in [2.45, 2.75) is 32.7 Å². The first-order valence-electron chi connectivity index (χ1n) is 6.89. The second-order valence-electron chi connectivity index (χ2n) is 4.81. The van der Waals surface area contributed by atoms with Crippen LogP contribution in [0.4, 0.5) is 0 Å². The van der Waals surface area contributed by atoms with Crippen molar-refractivity contribution in [3.63, 3.8) is 0 Å². The number of hydrogen-bond donors (Lipinski definition) is 2. The normalized spacial score (nSPS) is 13.8. The highest BCUT2D eigenvalue weighted by Gasteiger charge is 2.22. The van der Waals surface area contributed by atoms with Gasteiger partial charge >= 0.3 is 5.97 Å². The summed E-state index contributed by atoms with van der Waals surface area (Å²) in [6, 6.07) is 7.40. The zero-order valence-electron chi connectivity index (χ0n) is 11.9. The van der Waals surface area contributed by atoms with Crippen LogP contribution in [0, 0.1) is 9.49 Å². The first-order valence-corrected chi connectivity index (χ1v) is 7.97. The van der Waals surface area contributed by atoms with E-state index in [2.05, 4.69) is 27.9 Å². The number of hydrogen-bond acceptors (Lipinski definition) is 3. The molecule has 5 heteroatoms. The number of benzene rings is 1. The fourth-order valence-corrected chi connectivity index (χ4v) is 2.36. The van der Waals surface area contributed by atoms with Gasteiger partial charge in [0.2, 0.25) is 0 Å². The smallest absolute Gasteiger partial charge is 0.320 e. The van der Waals surface area contributed by atoms with E-state index < -0.39 is 12.0 Å². The summed E-state index contributed by atoms with van der Waals surface area (Å²) in [6.45, 7) is 5.18. The zero-order valence-corrected chi connectivity index (χ0v) is 14.1. The lowest BCUT2D eigenvalue weighted by molar-refractivity contribution is -0.140. The second-order valence-corrected chi connectivity index (χ2v) is 6.06. The third-order valence-corrected chi connectivity index (χ3v) is 3.90. The van der Waals surface area contributed by atoms with E-state index in [0.29, 0.717) is 13.2 Å². The van der Waals surface area contributed by atoms with Crippen LogP contribution in [-0.2, 0) is 4.79 Å². The van der Waals surface area contributed by atoms with Crippen LogP contribution in [0.5, 0.6) is 5.75 Å². The molecule has 0 aliphatic rings. The molecule has 1 rings (SSSR count). The average Bonchev–Trinajstić information content (AvgIpc) is 2.41. The lowest BCUT2D eigenvalue weighted by Gasteiger charge is -2.20. The standard InChI is InChI=1S/C15H22INO3/c1-3-11(2)14(15(18)19)17-8-5-9-20-13-7-4-6-12(16)10-13/h4,6-7,10-11,14,17H,3,5,8-9H2,1-2H3,(H,18,19)/t11-,14-/m0/s1. The molecule has 0 aliphatic heterocycles. The molecule has 1 aromatic rings. The van der Waals surface area contributed by atoms with E-state index in [-0.39, 0.29) is 5.92 Å². The van der Waals surface area contributed by atoms with E-state index in [4.69, 9.17) is 9.84 Å². The largest absolute Gasteiger partial charge is 0.494 e. The van der Waals surface area contributed by atoms with Crippen molar-refractivity contribution >= 4 is 28.6 Å². The summed E-state index contributed by atoms with van der Waals surface area (Å²) < 4.78 is 6.76. The first-order chi connectivity index (χ1) is 9.54. The summed E-state index contributed by atoms with van der Waals surface area (Å²) in [5, 5.41) is 12.2. The molecule has 112 valence electrons. The minimum atomic E-state index is -0.780. The predicted octanol–water partition coefficient (Wildman–Crippen LogP) is 3.15. The Morgan fingerprint density at radius 2 is 2.25 bits per heavy atom. The molecule has 20 heavy (non-hydrogen) atoms. The molecule has 0 radical (unpaired) electrons. The minimum absolute atomic E-state index is 0.129. The van der Waals surface area contributed by atoms with Crippen molar-refractivity contribution < 1.29 is 14.6 Å². The molecular weight excluding hydrogens is 369 g/mol. The lowest BCUT2D eigenvalue weighted by Crippen LogP contribution is -2.42. The number of ether oxygens (including phenoxy) is 1. The van der Waals surface area contributed by atoms with Gasteiger partial charge in [-0.25, -0.2) is 0 Å². The molecule has 0 bridgehead atoms. The maximum Gasteiger partial charge on any atom is 0.320 e. The monoisotopic (exact) mass is 391 g/mol. The zero-order chi connectivity index (χ0) is 15.0. The number of carboxylic acids is 1. The number of rotatable bonds is 9. The molecule has 4 nitrogen and oxygen atoms in total. The molecule has 0 fully saturated rings. The van der Waals surface area contributed by atoms with Crippen LogP contribution in [0.25, 0.3) is 0 Å². The Balaban J connectivity index is 2.25. The van der Waals surface area contributed by atoms with E-state index in [1.807, 2.05) is 38.1 Å². The Labute approximate surface area is 134 Å². The Kier molecular flexibility index (Phi) is 7.91. The fraction of sp³-hybridized carbons (Fsp3) is 0.533. The van der Waals surface area contributed by atoms with E-state index >= 15 is 0 Å². The molecule has 0 aliphatic carbocycles. The van der Waals surface area contributed by atoms with Crippen molar-refractivity contribution in [3.05, 3.63) is 27.8 Å². The van der Waals surface area contributed by atoms with Crippen LogP contribution < -0.4 is 10.1 Å². The van der Waals surface area contributed by atoms with Gasteiger partial charge in [0.15, 0.2) is 0 Å². The average molecular weight is 391 g/mol. The molecule has 2 atom stereocenters. The lowest BCUT2D eigenvalue weighted by atomic mass is 9.99. The highest BCUT2D eigenvalue weighted by molar-refractivity contribution is 14.1. The van der Waals surface area contributed by atoms with Gasteiger partial charge in [-0.1, -0.05) is 26.3 Å². The summed E-state index contributed by atoms with van der Waals surface area (Å²) in [5.41, 5.74) is 0. The summed E-state index contributed by atoms with van der Waals surface area (Å²) in [6.07, 6.45) is 1.63. The molecule has 0 saturated heterocycles. The van der Waals surface area contributed by atoms with Crippen LogP contribution in [0.3, 0.4) is 0 Å². The van der Waals surface area contributed by atoms with Crippen molar-refractivity contribution in [1.29, 1.82) is 0 Å². The molecular formula is C15H22INO3. The van der Waals surface area contributed by atoms with Crippen molar-refractivity contribution in [2.75, 3.05) is 13.2 Å². The van der Waals surface area contributed by atoms with Crippen LogP contribution in [-0.4, -0.2) is 30.3 Å². The van der Waals surface area contributed by atoms with Gasteiger partial charge in [-0.15, -0.1) is 0 Å². The number of halogens is 1. The Hall–Kier alpha value is -0.820. The van der Waals surface area contributed by atoms with Gasteiger partial charge in [0.25, 0.3) is 0 Å².